The van der Waals surface area contributed by atoms with E-state index in [9.17, 15) is 9.90 Å². The number of nitrogens with zero attached hydrogens (tertiary/aromatic N) is 3. The van der Waals surface area contributed by atoms with Gasteiger partial charge in [-0.3, -0.25) is 4.79 Å². The van der Waals surface area contributed by atoms with Crippen molar-refractivity contribution in [2.75, 3.05) is 25.0 Å². The summed E-state index contributed by atoms with van der Waals surface area (Å²) in [5.74, 6) is 0.247. The van der Waals surface area contributed by atoms with E-state index in [0.29, 0.717) is 12.1 Å². The highest BCUT2D eigenvalue weighted by molar-refractivity contribution is 6.14. The van der Waals surface area contributed by atoms with E-state index < -0.39 is 0 Å². The third kappa shape index (κ3) is 4.16. The lowest BCUT2D eigenvalue weighted by Gasteiger charge is -2.31. The van der Waals surface area contributed by atoms with Crippen LogP contribution in [0.3, 0.4) is 0 Å². The fourth-order valence-corrected chi connectivity index (χ4v) is 5.39. The number of aryl methyl sites for hydroxylation is 1. The molecular weight excluding hydrogens is 434 g/mol. The van der Waals surface area contributed by atoms with Gasteiger partial charge < -0.3 is 19.5 Å². The van der Waals surface area contributed by atoms with Crippen molar-refractivity contribution in [2.45, 2.75) is 39.7 Å². The van der Waals surface area contributed by atoms with Crippen LogP contribution in [0, 0.1) is 13.8 Å². The third-order valence-corrected chi connectivity index (χ3v) is 7.14. The standard InChI is InChI=1S/C30H33N3O2/c1-21-19-25-27(28(29(21)34)32-17-11-6-12-18-32)26(22(2)33(25)24-15-9-5-10-16-24)30(35)31(3)20-23-13-7-4-8-14-23/h4-5,7-10,13-16,19,34H,6,11-12,17-18,20H2,1-3H3. The van der Waals surface area contributed by atoms with Crippen LogP contribution in [-0.2, 0) is 6.54 Å². The van der Waals surface area contributed by atoms with E-state index in [2.05, 4.69) is 21.6 Å². The molecule has 5 rings (SSSR count). The van der Waals surface area contributed by atoms with Crippen LogP contribution in [0.15, 0.2) is 66.7 Å². The summed E-state index contributed by atoms with van der Waals surface area (Å²) in [5, 5.41) is 12.2. The predicted molar refractivity (Wildman–Crippen MR) is 143 cm³/mol. The molecule has 1 amide bonds. The monoisotopic (exact) mass is 467 g/mol. The Kier molecular flexibility index (Phi) is 6.25. The number of rotatable bonds is 5. The molecule has 1 aliphatic heterocycles. The lowest BCUT2D eigenvalue weighted by molar-refractivity contribution is 0.0786. The molecule has 0 aliphatic carbocycles. The summed E-state index contributed by atoms with van der Waals surface area (Å²) in [6, 6.07) is 22.2. The second kappa shape index (κ2) is 9.49. The molecule has 1 aromatic heterocycles. The number of para-hydroxylation sites is 1. The van der Waals surface area contributed by atoms with E-state index in [1.54, 1.807) is 4.90 Å². The third-order valence-electron chi connectivity index (χ3n) is 7.14. The highest BCUT2D eigenvalue weighted by Crippen LogP contribution is 2.44. The molecule has 180 valence electrons. The number of carbonyl (C=O) groups excluding carboxylic acids is 1. The number of phenolic OH excluding ortho intramolecular Hbond substituents is 1. The fraction of sp³-hybridized carbons (Fsp3) is 0.300. The summed E-state index contributed by atoms with van der Waals surface area (Å²) in [4.78, 5) is 18.1. The molecule has 2 heterocycles. The smallest absolute Gasteiger partial charge is 0.256 e. The van der Waals surface area contributed by atoms with Crippen LogP contribution in [0.2, 0.25) is 0 Å². The minimum atomic E-state index is -0.0347. The van der Waals surface area contributed by atoms with Gasteiger partial charge in [-0.25, -0.2) is 0 Å². The molecule has 1 fully saturated rings. The zero-order valence-electron chi connectivity index (χ0n) is 20.8. The van der Waals surface area contributed by atoms with Gasteiger partial charge >= 0.3 is 0 Å². The maximum Gasteiger partial charge on any atom is 0.256 e. The first-order valence-corrected chi connectivity index (χ1v) is 12.4. The number of amides is 1. The van der Waals surface area contributed by atoms with Crippen molar-refractivity contribution in [3.8, 4) is 11.4 Å². The Morgan fingerprint density at radius 2 is 1.57 bits per heavy atom. The average molecular weight is 468 g/mol. The predicted octanol–water partition coefficient (Wildman–Crippen LogP) is 6.22. The summed E-state index contributed by atoms with van der Waals surface area (Å²) in [7, 11) is 1.86. The van der Waals surface area contributed by atoms with Gasteiger partial charge in [-0.1, -0.05) is 48.5 Å². The SMILES string of the molecule is Cc1cc2c(c(C(=O)N(C)Cc3ccccc3)c(C)n2-c2ccccc2)c(N2CCCCC2)c1O. The molecule has 5 nitrogen and oxygen atoms in total. The van der Waals surface area contributed by atoms with E-state index in [0.717, 1.165) is 65.0 Å². The van der Waals surface area contributed by atoms with E-state index in [4.69, 9.17) is 0 Å². The van der Waals surface area contributed by atoms with E-state index >= 15 is 0 Å². The van der Waals surface area contributed by atoms with Crippen molar-refractivity contribution >= 4 is 22.5 Å². The topological polar surface area (TPSA) is 48.7 Å². The van der Waals surface area contributed by atoms with Gasteiger partial charge in [0.25, 0.3) is 5.91 Å². The van der Waals surface area contributed by atoms with Gasteiger partial charge in [0.15, 0.2) is 0 Å². The van der Waals surface area contributed by atoms with Crippen LogP contribution in [0.1, 0.15) is 46.4 Å². The minimum absolute atomic E-state index is 0.0347. The molecule has 1 N–H and O–H groups in total. The number of piperidine rings is 1. The first-order chi connectivity index (χ1) is 17.0. The van der Waals surface area contributed by atoms with Crippen LogP contribution in [0.25, 0.3) is 16.6 Å². The van der Waals surface area contributed by atoms with Gasteiger partial charge in [-0.15, -0.1) is 0 Å². The lowest BCUT2D eigenvalue weighted by Crippen LogP contribution is -2.30. The van der Waals surface area contributed by atoms with Crippen molar-refractivity contribution in [3.05, 3.63) is 89.1 Å². The number of hydrogen-bond acceptors (Lipinski definition) is 3. The number of phenols is 1. The van der Waals surface area contributed by atoms with E-state index in [1.165, 1.54) is 6.42 Å². The summed E-state index contributed by atoms with van der Waals surface area (Å²) in [5.41, 5.74) is 6.23. The number of fused-ring (bicyclic) bond motifs is 1. The van der Waals surface area contributed by atoms with E-state index in [1.807, 2.05) is 75.5 Å². The van der Waals surface area contributed by atoms with Gasteiger partial charge in [-0.05, 0) is 62.4 Å². The molecule has 0 radical (unpaired) electrons. The maximum absolute atomic E-state index is 14.1. The van der Waals surface area contributed by atoms with Gasteiger partial charge in [0, 0.05) is 43.4 Å². The summed E-state index contributed by atoms with van der Waals surface area (Å²) < 4.78 is 2.17. The Labute approximate surface area is 207 Å². The number of anilines is 1. The number of benzene rings is 3. The van der Waals surface area contributed by atoms with Gasteiger partial charge in [0.1, 0.15) is 5.75 Å². The number of aromatic nitrogens is 1. The van der Waals surface area contributed by atoms with Crippen LogP contribution >= 0.6 is 0 Å². The molecule has 4 aromatic rings. The fourth-order valence-electron chi connectivity index (χ4n) is 5.39. The Morgan fingerprint density at radius 3 is 2.23 bits per heavy atom. The minimum Gasteiger partial charge on any atom is -0.505 e. The number of hydrogen-bond donors (Lipinski definition) is 1. The van der Waals surface area contributed by atoms with Crippen LogP contribution in [0.5, 0.6) is 5.75 Å². The van der Waals surface area contributed by atoms with Crippen LogP contribution in [0.4, 0.5) is 5.69 Å². The molecule has 0 bridgehead atoms. The van der Waals surface area contributed by atoms with Crippen molar-refractivity contribution in [3.63, 3.8) is 0 Å². The van der Waals surface area contributed by atoms with Gasteiger partial charge in [0.2, 0.25) is 0 Å². The van der Waals surface area contributed by atoms with Gasteiger partial charge in [0.05, 0.1) is 16.8 Å². The average Bonchev–Trinajstić information content (AvgIpc) is 3.16. The zero-order valence-corrected chi connectivity index (χ0v) is 20.8. The molecule has 3 aromatic carbocycles. The molecule has 0 saturated carbocycles. The maximum atomic E-state index is 14.1. The molecule has 0 spiro atoms. The first kappa shape index (κ1) is 23.0. The van der Waals surface area contributed by atoms with Gasteiger partial charge in [-0.2, -0.15) is 0 Å². The summed E-state index contributed by atoms with van der Waals surface area (Å²) in [6.45, 7) is 6.25. The molecule has 0 atom stereocenters. The second-order valence-electron chi connectivity index (χ2n) is 9.61. The zero-order chi connectivity index (χ0) is 24.5. The van der Waals surface area contributed by atoms with Crippen molar-refractivity contribution in [1.29, 1.82) is 0 Å². The second-order valence-corrected chi connectivity index (χ2v) is 9.61. The largest absolute Gasteiger partial charge is 0.505 e. The Hall–Kier alpha value is -3.73. The molecule has 35 heavy (non-hydrogen) atoms. The lowest BCUT2D eigenvalue weighted by atomic mass is 10.0. The summed E-state index contributed by atoms with van der Waals surface area (Å²) >= 11 is 0. The summed E-state index contributed by atoms with van der Waals surface area (Å²) in [6.07, 6.45) is 3.37. The van der Waals surface area contributed by atoms with Crippen molar-refractivity contribution in [1.82, 2.24) is 9.47 Å². The highest BCUT2D eigenvalue weighted by Gasteiger charge is 2.30. The highest BCUT2D eigenvalue weighted by atomic mass is 16.3. The Morgan fingerprint density at radius 1 is 0.943 bits per heavy atom. The number of carbonyl (C=O) groups is 1. The van der Waals surface area contributed by atoms with E-state index in [-0.39, 0.29) is 11.7 Å². The quantitative estimate of drug-likeness (QED) is 0.379. The Bertz CT molecular complexity index is 1350. The Balaban J connectivity index is 1.75. The molecule has 1 aliphatic rings. The normalized spacial score (nSPS) is 13.9. The number of aromatic hydroxyl groups is 1. The molecular formula is C30H33N3O2. The van der Waals surface area contributed by atoms with Crippen molar-refractivity contribution < 1.29 is 9.90 Å². The first-order valence-electron chi connectivity index (χ1n) is 12.4. The molecule has 5 heteroatoms. The molecule has 0 unspecified atom stereocenters. The molecule has 1 saturated heterocycles. The van der Waals surface area contributed by atoms with Crippen LogP contribution in [-0.4, -0.2) is 40.6 Å². The van der Waals surface area contributed by atoms with Crippen molar-refractivity contribution in [2.24, 2.45) is 0 Å². The van der Waals surface area contributed by atoms with Crippen LogP contribution < -0.4 is 4.90 Å².